The van der Waals surface area contributed by atoms with Gasteiger partial charge in [0.15, 0.2) is 23.8 Å². The first-order chi connectivity index (χ1) is 10.4. The zero-order valence-corrected chi connectivity index (χ0v) is 12.2. The molecule has 0 aliphatic carbocycles. The van der Waals surface area contributed by atoms with E-state index in [0.717, 1.165) is 0 Å². The Labute approximate surface area is 129 Å². The quantitative estimate of drug-likeness (QED) is 0.686. The third-order valence-corrected chi connectivity index (χ3v) is 2.92. The number of nitrogens with zero attached hydrogens (tertiary/aromatic N) is 2. The number of ether oxygens (including phenoxy) is 2. The highest BCUT2D eigenvalue weighted by Gasteiger charge is 2.19. The Kier molecular flexibility index (Phi) is 4.47. The van der Waals surface area contributed by atoms with Crippen molar-refractivity contribution in [1.29, 1.82) is 0 Å². The van der Waals surface area contributed by atoms with Gasteiger partial charge in [-0.05, 0) is 12.1 Å². The van der Waals surface area contributed by atoms with Crippen molar-refractivity contribution >= 4 is 23.4 Å². The summed E-state index contributed by atoms with van der Waals surface area (Å²) in [7, 11) is 1.39. The number of aromatic amines is 1. The molecule has 1 aromatic heterocycles. The summed E-state index contributed by atoms with van der Waals surface area (Å²) in [4.78, 5) is 22.1. The maximum atomic E-state index is 11.3. The molecule has 10 heteroatoms. The molecule has 0 atom stereocenters. The Bertz CT molecular complexity index is 730. The molecule has 116 valence electrons. The Morgan fingerprint density at radius 1 is 1.32 bits per heavy atom. The fraction of sp³-hybridized carbons (Fsp3) is 0.167. The van der Waals surface area contributed by atoms with E-state index in [9.17, 15) is 9.59 Å². The highest BCUT2D eigenvalue weighted by molar-refractivity contribution is 6.32. The number of H-pyrrole nitrogens is 1. The molecule has 0 unspecified atom stereocenters. The smallest absolute Gasteiger partial charge is 0.271 e. The summed E-state index contributed by atoms with van der Waals surface area (Å²) >= 11 is 6.11. The van der Waals surface area contributed by atoms with Gasteiger partial charge in [0.1, 0.15) is 5.69 Å². The third kappa shape index (κ3) is 3.09. The number of nitrogens with one attached hydrogen (secondary N) is 1. The van der Waals surface area contributed by atoms with Gasteiger partial charge in [-0.2, -0.15) is 15.4 Å². The largest absolute Gasteiger partial charge is 0.493 e. The van der Waals surface area contributed by atoms with Crippen LogP contribution < -0.4 is 20.9 Å². The van der Waals surface area contributed by atoms with E-state index >= 15 is 0 Å². The van der Waals surface area contributed by atoms with Crippen LogP contribution in [-0.4, -0.2) is 40.9 Å². The van der Waals surface area contributed by atoms with Crippen LogP contribution in [0.2, 0.25) is 5.02 Å². The minimum absolute atomic E-state index is 0.0380. The lowest BCUT2D eigenvalue weighted by molar-refractivity contribution is -0.119. The lowest BCUT2D eigenvalue weighted by Gasteiger charge is -2.12. The average molecular weight is 326 g/mol. The number of aromatic nitrogens is 3. The van der Waals surface area contributed by atoms with Gasteiger partial charge < -0.3 is 20.9 Å². The van der Waals surface area contributed by atoms with Gasteiger partial charge >= 0.3 is 0 Å². The summed E-state index contributed by atoms with van der Waals surface area (Å²) in [5.74, 6) is -1.01. The Hall–Kier alpha value is -2.81. The van der Waals surface area contributed by atoms with Crippen LogP contribution >= 0.6 is 11.6 Å². The number of benzene rings is 1. The first-order valence-electron chi connectivity index (χ1n) is 5.93. The van der Waals surface area contributed by atoms with Crippen LogP contribution in [0.1, 0.15) is 10.5 Å². The molecule has 2 amide bonds. The van der Waals surface area contributed by atoms with Gasteiger partial charge in [0.25, 0.3) is 11.8 Å². The van der Waals surface area contributed by atoms with Crippen molar-refractivity contribution in [3.63, 3.8) is 0 Å². The molecule has 0 saturated heterocycles. The van der Waals surface area contributed by atoms with E-state index < -0.39 is 11.8 Å². The molecule has 9 nitrogen and oxygen atoms in total. The fourth-order valence-corrected chi connectivity index (χ4v) is 2.01. The predicted octanol–water partition coefficient (Wildman–Crippen LogP) is 0.0967. The van der Waals surface area contributed by atoms with Crippen LogP contribution in [0.25, 0.3) is 11.3 Å². The number of methoxy groups -OCH3 is 1. The van der Waals surface area contributed by atoms with Crippen molar-refractivity contribution in [2.24, 2.45) is 11.5 Å². The van der Waals surface area contributed by atoms with Crippen molar-refractivity contribution in [2.45, 2.75) is 0 Å². The molecule has 0 aliphatic rings. The van der Waals surface area contributed by atoms with Gasteiger partial charge in [0.05, 0.1) is 12.1 Å². The molecule has 0 fully saturated rings. The number of primary amides is 2. The van der Waals surface area contributed by atoms with Crippen molar-refractivity contribution in [3.05, 3.63) is 22.8 Å². The monoisotopic (exact) mass is 325 g/mol. The lowest BCUT2D eigenvalue weighted by Crippen LogP contribution is -2.20. The lowest BCUT2D eigenvalue weighted by atomic mass is 10.1. The molecule has 2 rings (SSSR count). The third-order valence-electron chi connectivity index (χ3n) is 2.64. The van der Waals surface area contributed by atoms with E-state index in [2.05, 4.69) is 15.4 Å². The highest BCUT2D eigenvalue weighted by atomic mass is 35.5. The second-order valence-corrected chi connectivity index (χ2v) is 4.54. The Balaban J connectivity index is 2.47. The molecular formula is C12H12ClN5O4. The molecular weight excluding hydrogens is 314 g/mol. The maximum absolute atomic E-state index is 11.3. The molecule has 2 aromatic rings. The summed E-state index contributed by atoms with van der Waals surface area (Å²) < 4.78 is 10.4. The Morgan fingerprint density at radius 2 is 2.05 bits per heavy atom. The van der Waals surface area contributed by atoms with Crippen LogP contribution in [0.15, 0.2) is 12.1 Å². The van der Waals surface area contributed by atoms with Crippen molar-refractivity contribution in [2.75, 3.05) is 13.7 Å². The topological polar surface area (TPSA) is 146 Å². The van der Waals surface area contributed by atoms with Gasteiger partial charge in [-0.25, -0.2) is 0 Å². The number of nitrogens with two attached hydrogens (primary N) is 2. The normalized spacial score (nSPS) is 10.3. The van der Waals surface area contributed by atoms with Gasteiger partial charge in [0, 0.05) is 5.56 Å². The molecule has 0 aliphatic heterocycles. The zero-order chi connectivity index (χ0) is 16.3. The van der Waals surface area contributed by atoms with Gasteiger partial charge in [-0.1, -0.05) is 11.6 Å². The fourth-order valence-electron chi connectivity index (χ4n) is 1.74. The second kappa shape index (κ2) is 6.31. The molecule has 0 spiro atoms. The molecule has 0 bridgehead atoms. The summed E-state index contributed by atoms with van der Waals surface area (Å²) in [5.41, 5.74) is 10.9. The number of rotatable bonds is 6. The average Bonchev–Trinajstić information content (AvgIpc) is 2.94. The standard InChI is InChI=1S/C12H12ClN5O4/c1-21-7-3-5(9-10(12(15)20)17-18-16-9)2-6(13)11(7)22-4-8(14)19/h2-3H,4H2,1H3,(H2,14,19)(H2,15,20)(H,16,17,18). The van der Waals surface area contributed by atoms with E-state index in [1.807, 2.05) is 0 Å². The molecule has 1 heterocycles. The summed E-state index contributed by atoms with van der Waals surface area (Å²) in [6.07, 6.45) is 0. The summed E-state index contributed by atoms with van der Waals surface area (Å²) in [6.45, 7) is -0.355. The molecule has 5 N–H and O–H groups in total. The van der Waals surface area contributed by atoms with E-state index in [-0.39, 0.29) is 34.5 Å². The Morgan fingerprint density at radius 3 is 2.64 bits per heavy atom. The molecule has 0 radical (unpaired) electrons. The number of hydrogen-bond acceptors (Lipinski definition) is 6. The van der Waals surface area contributed by atoms with Gasteiger partial charge in [0.2, 0.25) is 0 Å². The van der Waals surface area contributed by atoms with Crippen LogP contribution in [0.3, 0.4) is 0 Å². The highest BCUT2D eigenvalue weighted by Crippen LogP contribution is 2.39. The van der Waals surface area contributed by atoms with Crippen molar-refractivity contribution in [1.82, 2.24) is 15.4 Å². The van der Waals surface area contributed by atoms with Crippen LogP contribution in [0.5, 0.6) is 11.5 Å². The predicted molar refractivity (Wildman–Crippen MR) is 76.6 cm³/mol. The SMILES string of the molecule is COc1cc(-c2n[nH]nc2C(N)=O)cc(Cl)c1OCC(N)=O. The van der Waals surface area contributed by atoms with Crippen molar-refractivity contribution in [3.8, 4) is 22.8 Å². The number of amides is 2. The summed E-state index contributed by atoms with van der Waals surface area (Å²) in [6, 6.07) is 3.00. The zero-order valence-electron chi connectivity index (χ0n) is 11.4. The van der Waals surface area contributed by atoms with Crippen molar-refractivity contribution < 1.29 is 19.1 Å². The molecule has 1 aromatic carbocycles. The van der Waals surface area contributed by atoms with Crippen LogP contribution in [0, 0.1) is 0 Å². The first kappa shape index (κ1) is 15.6. The molecule has 22 heavy (non-hydrogen) atoms. The number of hydrogen-bond donors (Lipinski definition) is 3. The number of carbonyl (C=O) groups excluding carboxylic acids is 2. The van der Waals surface area contributed by atoms with E-state index in [1.54, 1.807) is 0 Å². The minimum Gasteiger partial charge on any atom is -0.493 e. The van der Waals surface area contributed by atoms with E-state index in [4.69, 9.17) is 32.5 Å². The van der Waals surface area contributed by atoms with E-state index in [1.165, 1.54) is 19.2 Å². The van der Waals surface area contributed by atoms with Gasteiger partial charge in [-0.3, -0.25) is 9.59 Å². The minimum atomic E-state index is -0.743. The van der Waals surface area contributed by atoms with Gasteiger partial charge in [-0.15, -0.1) is 0 Å². The molecule has 0 saturated carbocycles. The van der Waals surface area contributed by atoms with Crippen LogP contribution in [0.4, 0.5) is 0 Å². The van der Waals surface area contributed by atoms with Crippen LogP contribution in [-0.2, 0) is 4.79 Å². The maximum Gasteiger partial charge on any atom is 0.271 e. The second-order valence-electron chi connectivity index (χ2n) is 4.13. The van der Waals surface area contributed by atoms with E-state index in [0.29, 0.717) is 5.56 Å². The first-order valence-corrected chi connectivity index (χ1v) is 6.31. The number of halogens is 1. The summed E-state index contributed by atoms with van der Waals surface area (Å²) in [5, 5.41) is 9.99. The number of carbonyl (C=O) groups is 2.